The lowest BCUT2D eigenvalue weighted by molar-refractivity contribution is 0.0151. The Hall–Kier alpha value is -2.81. The van der Waals surface area contributed by atoms with Crippen LogP contribution in [0.5, 0.6) is 5.75 Å². The fraction of sp³-hybridized carbons (Fsp3) is 0.105. The van der Waals surface area contributed by atoms with Gasteiger partial charge in [0.25, 0.3) is 5.91 Å². The molecule has 0 saturated heterocycles. The SMILES string of the molecule is O=C1c2ccccc2C2Oc3ccc4ccccc4c3CN12. The van der Waals surface area contributed by atoms with E-state index in [1.165, 1.54) is 5.39 Å². The van der Waals surface area contributed by atoms with Crippen molar-refractivity contribution < 1.29 is 9.53 Å². The highest BCUT2D eigenvalue weighted by molar-refractivity contribution is 5.99. The Bertz CT molecular complexity index is 932. The molecule has 1 amide bonds. The Morgan fingerprint density at radius 2 is 1.77 bits per heavy atom. The number of hydrogen-bond donors (Lipinski definition) is 0. The lowest BCUT2D eigenvalue weighted by atomic mass is 10.0. The quantitative estimate of drug-likeness (QED) is 0.628. The van der Waals surface area contributed by atoms with Gasteiger partial charge in [0.15, 0.2) is 0 Å². The predicted molar refractivity (Wildman–Crippen MR) is 83.6 cm³/mol. The summed E-state index contributed by atoms with van der Waals surface area (Å²) in [5, 5.41) is 2.33. The molecule has 0 aromatic heterocycles. The Morgan fingerprint density at radius 3 is 2.73 bits per heavy atom. The van der Waals surface area contributed by atoms with Crippen LogP contribution in [-0.4, -0.2) is 10.8 Å². The number of carbonyl (C=O) groups excluding carboxylic acids is 1. The number of ether oxygens (including phenoxy) is 1. The molecule has 22 heavy (non-hydrogen) atoms. The van der Waals surface area contributed by atoms with Crippen molar-refractivity contribution in [3.8, 4) is 5.75 Å². The minimum Gasteiger partial charge on any atom is -0.466 e. The highest BCUT2D eigenvalue weighted by Gasteiger charge is 2.41. The van der Waals surface area contributed by atoms with Crippen molar-refractivity contribution in [2.45, 2.75) is 12.8 Å². The van der Waals surface area contributed by atoms with Crippen LogP contribution in [0.2, 0.25) is 0 Å². The van der Waals surface area contributed by atoms with E-state index in [0.29, 0.717) is 6.54 Å². The number of rotatable bonds is 0. The average molecular weight is 287 g/mol. The molecule has 3 nitrogen and oxygen atoms in total. The highest BCUT2D eigenvalue weighted by atomic mass is 16.5. The predicted octanol–water partition coefficient (Wildman–Crippen LogP) is 3.89. The van der Waals surface area contributed by atoms with Gasteiger partial charge in [-0.1, -0.05) is 48.5 Å². The zero-order valence-electron chi connectivity index (χ0n) is 11.8. The molecule has 0 spiro atoms. The second-order valence-corrected chi connectivity index (χ2v) is 5.75. The molecule has 0 bridgehead atoms. The third kappa shape index (κ3) is 1.43. The van der Waals surface area contributed by atoms with Crippen LogP contribution in [0, 0.1) is 0 Å². The molecule has 2 aliphatic rings. The maximum Gasteiger partial charge on any atom is 0.257 e. The molecule has 3 heteroatoms. The van der Waals surface area contributed by atoms with Crippen LogP contribution in [0.25, 0.3) is 10.8 Å². The molecule has 2 heterocycles. The Balaban J connectivity index is 1.70. The molecule has 0 aliphatic carbocycles. The van der Waals surface area contributed by atoms with Gasteiger partial charge in [0.05, 0.1) is 6.54 Å². The van der Waals surface area contributed by atoms with Crippen molar-refractivity contribution in [3.63, 3.8) is 0 Å². The number of carbonyl (C=O) groups is 1. The van der Waals surface area contributed by atoms with E-state index in [4.69, 9.17) is 4.74 Å². The third-order valence-electron chi connectivity index (χ3n) is 4.57. The van der Waals surface area contributed by atoms with Gasteiger partial charge >= 0.3 is 0 Å². The Kier molecular flexibility index (Phi) is 2.20. The zero-order valence-corrected chi connectivity index (χ0v) is 11.8. The van der Waals surface area contributed by atoms with Crippen molar-refractivity contribution in [3.05, 3.63) is 77.4 Å². The summed E-state index contributed by atoms with van der Waals surface area (Å²) in [5.41, 5.74) is 2.81. The smallest absolute Gasteiger partial charge is 0.257 e. The molecule has 1 atom stereocenters. The van der Waals surface area contributed by atoms with Gasteiger partial charge in [0, 0.05) is 16.7 Å². The molecular formula is C19H13NO2. The van der Waals surface area contributed by atoms with E-state index in [9.17, 15) is 4.79 Å². The van der Waals surface area contributed by atoms with E-state index >= 15 is 0 Å². The van der Waals surface area contributed by atoms with E-state index in [1.54, 1.807) is 0 Å². The number of amides is 1. The molecular weight excluding hydrogens is 274 g/mol. The highest BCUT2D eigenvalue weighted by Crippen LogP contribution is 2.43. The van der Waals surface area contributed by atoms with Crippen LogP contribution in [0.4, 0.5) is 0 Å². The van der Waals surface area contributed by atoms with E-state index in [2.05, 4.69) is 18.2 Å². The van der Waals surface area contributed by atoms with E-state index in [-0.39, 0.29) is 12.1 Å². The van der Waals surface area contributed by atoms with Crippen molar-refractivity contribution >= 4 is 16.7 Å². The second-order valence-electron chi connectivity index (χ2n) is 5.75. The van der Waals surface area contributed by atoms with Gasteiger partial charge in [-0.25, -0.2) is 0 Å². The second kappa shape index (κ2) is 4.10. The molecule has 0 N–H and O–H groups in total. The van der Waals surface area contributed by atoms with Gasteiger partial charge < -0.3 is 4.74 Å². The number of fused-ring (bicyclic) bond motifs is 6. The Labute approximate surface area is 127 Å². The first-order valence-electron chi connectivity index (χ1n) is 7.40. The third-order valence-corrected chi connectivity index (χ3v) is 4.57. The van der Waals surface area contributed by atoms with Gasteiger partial charge in [-0.15, -0.1) is 0 Å². The first-order valence-corrected chi connectivity index (χ1v) is 7.40. The van der Waals surface area contributed by atoms with Crippen LogP contribution in [-0.2, 0) is 6.54 Å². The van der Waals surface area contributed by atoms with Crippen molar-refractivity contribution in [1.29, 1.82) is 0 Å². The molecule has 2 aliphatic heterocycles. The summed E-state index contributed by atoms with van der Waals surface area (Å²) in [4.78, 5) is 14.4. The van der Waals surface area contributed by atoms with Crippen molar-refractivity contribution in [2.24, 2.45) is 0 Å². The number of hydrogen-bond acceptors (Lipinski definition) is 2. The zero-order chi connectivity index (χ0) is 14.7. The monoisotopic (exact) mass is 287 g/mol. The summed E-state index contributed by atoms with van der Waals surface area (Å²) in [6.45, 7) is 0.592. The van der Waals surface area contributed by atoms with Crippen LogP contribution < -0.4 is 4.74 Å². The summed E-state index contributed by atoms with van der Waals surface area (Å²) >= 11 is 0. The molecule has 1 unspecified atom stereocenters. The average Bonchev–Trinajstić information content (AvgIpc) is 2.86. The number of benzene rings is 3. The minimum absolute atomic E-state index is 0.0548. The normalized spacial score (nSPS) is 18.6. The van der Waals surface area contributed by atoms with Crippen molar-refractivity contribution in [2.75, 3.05) is 0 Å². The van der Waals surface area contributed by atoms with Crippen LogP contribution in [0.15, 0.2) is 60.7 Å². The van der Waals surface area contributed by atoms with E-state index in [1.807, 2.05) is 47.4 Å². The molecule has 3 aromatic rings. The van der Waals surface area contributed by atoms with Gasteiger partial charge in [0.1, 0.15) is 5.75 Å². The lowest BCUT2D eigenvalue weighted by Gasteiger charge is -2.33. The fourth-order valence-electron chi connectivity index (χ4n) is 3.50. The summed E-state index contributed by atoms with van der Waals surface area (Å²) in [7, 11) is 0. The lowest BCUT2D eigenvalue weighted by Crippen LogP contribution is -2.34. The standard InChI is InChI=1S/C19H13NO2/c21-18-14-7-3-4-8-15(14)19-20(18)11-16-13-6-2-1-5-12(13)9-10-17(16)22-19/h1-10,19H,11H2. The molecule has 0 saturated carbocycles. The van der Waals surface area contributed by atoms with E-state index in [0.717, 1.165) is 27.8 Å². The molecule has 5 rings (SSSR count). The molecule has 106 valence electrons. The first kappa shape index (κ1) is 11.8. The van der Waals surface area contributed by atoms with Gasteiger partial charge in [-0.2, -0.15) is 0 Å². The summed E-state index contributed by atoms with van der Waals surface area (Å²) < 4.78 is 6.17. The van der Waals surface area contributed by atoms with Gasteiger partial charge in [0.2, 0.25) is 6.23 Å². The van der Waals surface area contributed by atoms with Crippen LogP contribution >= 0.6 is 0 Å². The van der Waals surface area contributed by atoms with Crippen molar-refractivity contribution in [1.82, 2.24) is 4.90 Å². The maximum atomic E-state index is 12.6. The topological polar surface area (TPSA) is 29.5 Å². The molecule has 0 radical (unpaired) electrons. The molecule has 0 fully saturated rings. The summed E-state index contributed by atoms with van der Waals surface area (Å²) in [5.74, 6) is 0.934. The Morgan fingerprint density at radius 1 is 0.955 bits per heavy atom. The van der Waals surface area contributed by atoms with Gasteiger partial charge in [-0.3, -0.25) is 9.69 Å². The minimum atomic E-state index is -0.294. The summed E-state index contributed by atoms with van der Waals surface area (Å²) in [6.07, 6.45) is -0.294. The molecule has 3 aromatic carbocycles. The maximum absolute atomic E-state index is 12.6. The van der Waals surface area contributed by atoms with Crippen LogP contribution in [0.1, 0.15) is 27.7 Å². The largest absolute Gasteiger partial charge is 0.466 e. The van der Waals surface area contributed by atoms with Gasteiger partial charge in [-0.05, 0) is 22.9 Å². The fourth-order valence-corrected chi connectivity index (χ4v) is 3.50. The first-order chi connectivity index (χ1) is 10.8. The van der Waals surface area contributed by atoms with Crippen LogP contribution in [0.3, 0.4) is 0 Å². The summed E-state index contributed by atoms with van der Waals surface area (Å²) in [6, 6.07) is 20.0. The number of nitrogens with zero attached hydrogens (tertiary/aromatic N) is 1. The van der Waals surface area contributed by atoms with E-state index < -0.39 is 0 Å².